The van der Waals surface area contributed by atoms with Crippen LogP contribution in [-0.2, 0) is 4.79 Å². The number of hydrogen-bond donors (Lipinski definition) is 0. The molecule has 0 N–H and O–H groups in total. The molecule has 0 aliphatic carbocycles. The number of halogens is 1. The minimum atomic E-state index is -0.683. The van der Waals surface area contributed by atoms with Gasteiger partial charge in [-0.05, 0) is 44.0 Å². The maximum Gasteiger partial charge on any atom is 0.267 e. The zero-order chi connectivity index (χ0) is 21.4. The minimum Gasteiger partial charge on any atom is -0.482 e. The smallest absolute Gasteiger partial charge is 0.267 e. The van der Waals surface area contributed by atoms with Gasteiger partial charge in [0.05, 0.1) is 0 Å². The lowest BCUT2D eigenvalue weighted by molar-refractivity contribution is -0.145. The van der Waals surface area contributed by atoms with Crippen molar-refractivity contribution in [3.63, 3.8) is 0 Å². The lowest BCUT2D eigenvalue weighted by atomic mass is 9.98. The molecule has 31 heavy (non-hydrogen) atoms. The molecule has 3 unspecified atom stereocenters. The number of fused-ring (bicyclic) bond motifs is 1. The Balaban J connectivity index is 1.31. The molecule has 160 valence electrons. The van der Waals surface area contributed by atoms with Gasteiger partial charge in [0, 0.05) is 24.6 Å². The molecule has 0 bridgehead atoms. The second-order valence-electron chi connectivity index (χ2n) is 7.86. The number of rotatable bonds is 3. The SMILES string of the molecule is CC1Oc2ccccc2OC1C(=O)N1CCCC(c2nnc(-c3ccccc3F)s2)C1. The van der Waals surface area contributed by atoms with E-state index in [-0.39, 0.29) is 23.7 Å². The third-order valence-electron chi connectivity index (χ3n) is 5.71. The van der Waals surface area contributed by atoms with E-state index in [4.69, 9.17) is 9.47 Å². The Labute approximate surface area is 183 Å². The van der Waals surface area contributed by atoms with E-state index in [0.717, 1.165) is 17.8 Å². The Morgan fingerprint density at radius 1 is 1.10 bits per heavy atom. The van der Waals surface area contributed by atoms with E-state index in [0.29, 0.717) is 35.2 Å². The Morgan fingerprint density at radius 3 is 2.65 bits per heavy atom. The summed E-state index contributed by atoms with van der Waals surface area (Å²) in [5.41, 5.74) is 0.454. The average molecular weight is 440 g/mol. The lowest BCUT2D eigenvalue weighted by Crippen LogP contribution is -2.52. The highest BCUT2D eigenvalue weighted by atomic mass is 32.1. The van der Waals surface area contributed by atoms with Crippen molar-refractivity contribution in [2.24, 2.45) is 0 Å². The van der Waals surface area contributed by atoms with Crippen LogP contribution in [0.15, 0.2) is 48.5 Å². The molecule has 5 rings (SSSR count). The summed E-state index contributed by atoms with van der Waals surface area (Å²) < 4.78 is 26.0. The van der Waals surface area contributed by atoms with Crippen molar-refractivity contribution >= 4 is 17.2 Å². The number of aromatic nitrogens is 2. The highest BCUT2D eigenvalue weighted by Gasteiger charge is 2.38. The van der Waals surface area contributed by atoms with Crippen LogP contribution in [0, 0.1) is 5.82 Å². The van der Waals surface area contributed by atoms with Gasteiger partial charge in [-0.3, -0.25) is 4.79 Å². The molecule has 1 amide bonds. The first-order chi connectivity index (χ1) is 15.1. The number of carbonyl (C=O) groups excluding carboxylic acids is 1. The maximum atomic E-state index is 14.1. The summed E-state index contributed by atoms with van der Waals surface area (Å²) in [6.07, 6.45) is 0.716. The van der Waals surface area contributed by atoms with Crippen LogP contribution < -0.4 is 9.47 Å². The highest BCUT2D eigenvalue weighted by Crippen LogP contribution is 2.36. The normalized spacial score (nSPS) is 22.9. The maximum absolute atomic E-state index is 14.1. The Hall–Kier alpha value is -3.00. The Morgan fingerprint density at radius 2 is 1.84 bits per heavy atom. The molecular formula is C23H22FN3O3S. The van der Waals surface area contributed by atoms with E-state index in [1.54, 1.807) is 18.2 Å². The molecular weight excluding hydrogens is 417 g/mol. The molecule has 2 aromatic carbocycles. The van der Waals surface area contributed by atoms with E-state index >= 15 is 0 Å². The van der Waals surface area contributed by atoms with Crippen molar-refractivity contribution in [2.45, 2.75) is 37.9 Å². The number of hydrogen-bond acceptors (Lipinski definition) is 6. The molecule has 1 aromatic heterocycles. The van der Waals surface area contributed by atoms with Crippen molar-refractivity contribution in [1.29, 1.82) is 0 Å². The van der Waals surface area contributed by atoms with Crippen LogP contribution in [0.1, 0.15) is 30.7 Å². The molecule has 0 spiro atoms. The molecule has 2 aliphatic rings. The van der Waals surface area contributed by atoms with Gasteiger partial charge in [0.25, 0.3) is 5.91 Å². The third-order valence-corrected chi connectivity index (χ3v) is 6.83. The molecule has 0 saturated carbocycles. The minimum absolute atomic E-state index is 0.0721. The molecule has 1 fully saturated rings. The first-order valence-corrected chi connectivity index (χ1v) is 11.2. The second-order valence-corrected chi connectivity index (χ2v) is 8.87. The van der Waals surface area contributed by atoms with Gasteiger partial charge < -0.3 is 14.4 Å². The standard InChI is InChI=1S/C23H22FN3O3S/c1-14-20(30-19-11-5-4-10-18(19)29-14)23(28)27-12-6-7-15(13-27)21-25-26-22(31-21)16-8-2-3-9-17(16)24/h2-5,8-11,14-15,20H,6-7,12-13H2,1H3. The molecule has 0 radical (unpaired) electrons. The molecule has 6 nitrogen and oxygen atoms in total. The number of piperidine rings is 1. The largest absolute Gasteiger partial charge is 0.482 e. The monoisotopic (exact) mass is 439 g/mol. The number of benzene rings is 2. The number of carbonyl (C=O) groups is 1. The van der Waals surface area contributed by atoms with E-state index in [9.17, 15) is 9.18 Å². The quantitative estimate of drug-likeness (QED) is 0.610. The first-order valence-electron chi connectivity index (χ1n) is 10.4. The van der Waals surface area contributed by atoms with Crippen molar-refractivity contribution < 1.29 is 18.7 Å². The molecule has 3 atom stereocenters. The lowest BCUT2D eigenvalue weighted by Gasteiger charge is -2.37. The van der Waals surface area contributed by atoms with E-state index in [1.165, 1.54) is 17.4 Å². The van der Waals surface area contributed by atoms with Gasteiger partial charge in [0.2, 0.25) is 6.10 Å². The summed E-state index contributed by atoms with van der Waals surface area (Å²) in [6.45, 7) is 3.06. The van der Waals surface area contributed by atoms with Gasteiger partial charge in [0.15, 0.2) is 16.5 Å². The van der Waals surface area contributed by atoms with Crippen molar-refractivity contribution in [3.05, 3.63) is 59.4 Å². The summed E-state index contributed by atoms with van der Waals surface area (Å²) in [7, 11) is 0. The molecule has 2 aliphatic heterocycles. The first kappa shape index (κ1) is 19.9. The van der Waals surface area contributed by atoms with Crippen LogP contribution >= 0.6 is 11.3 Å². The molecule has 3 aromatic rings. The van der Waals surface area contributed by atoms with Gasteiger partial charge in [-0.1, -0.05) is 35.6 Å². The topological polar surface area (TPSA) is 64.6 Å². The third kappa shape index (κ3) is 3.87. The van der Waals surface area contributed by atoms with Crippen LogP contribution in [0.3, 0.4) is 0 Å². The van der Waals surface area contributed by atoms with Gasteiger partial charge in [-0.25, -0.2) is 4.39 Å². The summed E-state index contributed by atoms with van der Waals surface area (Å²) in [4.78, 5) is 15.1. The molecule has 3 heterocycles. The number of amides is 1. The predicted molar refractivity (Wildman–Crippen MR) is 115 cm³/mol. The van der Waals surface area contributed by atoms with Gasteiger partial charge >= 0.3 is 0 Å². The average Bonchev–Trinajstić information content (AvgIpc) is 3.29. The van der Waals surface area contributed by atoms with Crippen LogP contribution in [0.5, 0.6) is 11.5 Å². The van der Waals surface area contributed by atoms with Crippen LogP contribution in [0.4, 0.5) is 4.39 Å². The van der Waals surface area contributed by atoms with E-state index in [2.05, 4.69) is 10.2 Å². The molecule has 8 heteroatoms. The zero-order valence-corrected chi connectivity index (χ0v) is 17.8. The van der Waals surface area contributed by atoms with Gasteiger partial charge in [-0.2, -0.15) is 0 Å². The predicted octanol–water partition coefficient (Wildman–Crippen LogP) is 4.28. The summed E-state index contributed by atoms with van der Waals surface area (Å²) in [6, 6.07) is 14.0. The fourth-order valence-electron chi connectivity index (χ4n) is 4.09. The van der Waals surface area contributed by atoms with E-state index in [1.807, 2.05) is 36.1 Å². The van der Waals surface area contributed by atoms with Crippen molar-refractivity contribution in [2.75, 3.05) is 13.1 Å². The molecule has 1 saturated heterocycles. The highest BCUT2D eigenvalue weighted by molar-refractivity contribution is 7.14. The van der Waals surface area contributed by atoms with Crippen LogP contribution in [0.25, 0.3) is 10.6 Å². The number of para-hydroxylation sites is 2. The fourth-order valence-corrected chi connectivity index (χ4v) is 5.09. The zero-order valence-electron chi connectivity index (χ0n) is 17.0. The summed E-state index contributed by atoms with van der Waals surface area (Å²) >= 11 is 1.39. The number of ether oxygens (including phenoxy) is 2. The van der Waals surface area contributed by atoms with Gasteiger partial charge in [-0.15, -0.1) is 10.2 Å². The van der Waals surface area contributed by atoms with Crippen molar-refractivity contribution in [3.8, 4) is 22.1 Å². The van der Waals surface area contributed by atoms with Crippen LogP contribution in [0.2, 0.25) is 0 Å². The summed E-state index contributed by atoms with van der Waals surface area (Å²) in [5, 5.41) is 9.91. The summed E-state index contributed by atoms with van der Waals surface area (Å²) in [5.74, 6) is 0.930. The Bertz CT molecular complexity index is 1100. The number of likely N-dealkylation sites (tertiary alicyclic amines) is 1. The van der Waals surface area contributed by atoms with Gasteiger partial charge in [0.1, 0.15) is 16.9 Å². The Kier molecular flexibility index (Phi) is 5.31. The van der Waals surface area contributed by atoms with E-state index < -0.39 is 6.10 Å². The van der Waals surface area contributed by atoms with Crippen LogP contribution in [-0.4, -0.2) is 46.3 Å². The fraction of sp³-hybridized carbons (Fsp3) is 0.348. The van der Waals surface area contributed by atoms with Crippen molar-refractivity contribution in [1.82, 2.24) is 15.1 Å². The second kappa shape index (κ2) is 8.26. The number of nitrogens with zero attached hydrogens (tertiary/aromatic N) is 3.